The average Bonchev–Trinajstić information content (AvgIpc) is 1.02. The Balaban J connectivity index is 0.000000161. The van der Waals surface area contributed by atoms with E-state index in [-0.39, 0.29) is 77.1 Å². The molecule has 0 aliphatic carbocycles. The molecule has 2 saturated heterocycles. The van der Waals surface area contributed by atoms with E-state index in [0.29, 0.717) is 109 Å². The van der Waals surface area contributed by atoms with Crippen LogP contribution in [0.1, 0.15) is 148 Å². The number of amidine groups is 2. The number of anilines is 4. The quantitative estimate of drug-likeness (QED) is 0.0142. The van der Waals surface area contributed by atoms with Gasteiger partial charge in [0.05, 0.1) is 25.1 Å². The predicted molar refractivity (Wildman–Crippen MR) is 485 cm³/mol. The lowest BCUT2D eigenvalue weighted by Gasteiger charge is -2.33. The first kappa shape index (κ1) is 91.8. The van der Waals surface area contributed by atoms with Gasteiger partial charge in [0, 0.05) is 168 Å². The van der Waals surface area contributed by atoms with E-state index in [4.69, 9.17) is 92.0 Å². The molecule has 12 aromatic rings. The summed E-state index contributed by atoms with van der Waals surface area (Å²) in [5.41, 5.74) is 9.42. The average molecular weight is 1800 g/mol. The number of nitrogens with one attached hydrogen (secondary N) is 6. The number of benzene rings is 8. The summed E-state index contributed by atoms with van der Waals surface area (Å²) in [6.07, 6.45) is 6.63. The van der Waals surface area contributed by atoms with Gasteiger partial charge in [0.25, 0.3) is 23.6 Å². The molecular weight excluding hydrogens is 1730 g/mol. The maximum absolute atomic E-state index is 13.9. The number of Topliss-reactive ketones (excluding diaryl/α,β-unsaturated/α-hetero) is 4. The highest BCUT2D eigenvalue weighted by atomic mass is 35.5. The van der Waals surface area contributed by atoms with Gasteiger partial charge in [-0.25, -0.2) is 28.7 Å². The van der Waals surface area contributed by atoms with Crippen molar-refractivity contribution >= 4 is 174 Å². The zero-order chi connectivity index (χ0) is 88.8. The maximum Gasteiger partial charge on any atom is 0.257 e. The molecule has 4 amide bonds. The Morgan fingerprint density at radius 2 is 0.613 bits per heavy atom. The summed E-state index contributed by atoms with van der Waals surface area (Å²) < 4.78 is 27.7. The first-order valence-corrected chi connectivity index (χ1v) is 40.7. The molecule has 6 heterocycles. The van der Waals surface area contributed by atoms with Crippen molar-refractivity contribution in [1.29, 1.82) is 10.8 Å². The number of likely N-dealkylation sites (tertiary alicyclic amines) is 1. The summed E-state index contributed by atoms with van der Waals surface area (Å²) in [5.74, 6) is -1.75. The minimum absolute atomic E-state index is 0.0200. The number of ketones is 4. The number of carbonyl (C=O) groups is 8. The summed E-state index contributed by atoms with van der Waals surface area (Å²) in [6.45, 7) is 7.29. The Labute approximate surface area is 747 Å². The first-order valence-electron chi connectivity index (χ1n) is 38.1. The van der Waals surface area contributed by atoms with Crippen LogP contribution in [0.4, 0.5) is 32.1 Å². The van der Waals surface area contributed by atoms with Crippen LogP contribution in [0.2, 0.25) is 35.2 Å². The van der Waals surface area contributed by atoms with E-state index in [1.54, 1.807) is 154 Å². The van der Waals surface area contributed by atoms with Crippen molar-refractivity contribution in [2.75, 3.05) is 61.5 Å². The Kier molecular flexibility index (Phi) is 32.0. The van der Waals surface area contributed by atoms with E-state index in [1.807, 2.05) is 35.8 Å². The smallest absolute Gasteiger partial charge is 0.257 e. The van der Waals surface area contributed by atoms with Crippen LogP contribution in [0.25, 0.3) is 0 Å². The molecule has 22 nitrogen and oxygen atoms in total. The van der Waals surface area contributed by atoms with Crippen molar-refractivity contribution in [3.05, 3.63) is 373 Å². The molecule has 0 unspecified atom stereocenters. The number of aliphatic imine (C=N–C) groups is 2. The third kappa shape index (κ3) is 25.6. The Bertz CT molecular complexity index is 6110. The van der Waals surface area contributed by atoms with Gasteiger partial charge < -0.3 is 31.1 Å². The number of amides is 4. The van der Waals surface area contributed by atoms with Gasteiger partial charge in [-0.1, -0.05) is 184 Å². The Morgan fingerprint density at radius 1 is 0.331 bits per heavy atom. The molecule has 4 aromatic heterocycles. The van der Waals surface area contributed by atoms with E-state index in [9.17, 15) is 47.1 Å². The number of halogens is 9. The minimum atomic E-state index is -0.579. The summed E-state index contributed by atoms with van der Waals surface area (Å²) >= 11 is 41.8. The van der Waals surface area contributed by atoms with E-state index >= 15 is 0 Å². The molecule has 6 N–H and O–H groups in total. The van der Waals surface area contributed by atoms with Crippen molar-refractivity contribution in [2.45, 2.75) is 46.0 Å². The van der Waals surface area contributed by atoms with E-state index in [0.717, 1.165) is 78.4 Å². The van der Waals surface area contributed by atoms with Crippen molar-refractivity contribution in [3.63, 3.8) is 0 Å². The molecule has 14 rings (SSSR count). The second kappa shape index (κ2) is 43.2. The third-order valence-corrected chi connectivity index (χ3v) is 21.1. The van der Waals surface area contributed by atoms with Crippen LogP contribution in [-0.4, -0.2) is 140 Å². The largest absolute Gasteiger partial charge is 0.356 e. The molecule has 31 heteroatoms. The Morgan fingerprint density at radius 3 is 0.911 bits per heavy atom. The highest BCUT2D eigenvalue weighted by Gasteiger charge is 2.26. The lowest BCUT2D eigenvalue weighted by Crippen LogP contribution is -2.42. The summed E-state index contributed by atoms with van der Waals surface area (Å²) in [6, 6.07) is 55.9. The van der Waals surface area contributed by atoms with Gasteiger partial charge in [0.2, 0.25) is 0 Å². The molecule has 0 radical (unpaired) electrons. The normalized spacial score (nSPS) is 11.9. The van der Waals surface area contributed by atoms with Gasteiger partial charge in [-0.05, 0) is 163 Å². The Hall–Kier alpha value is -12.9. The molecule has 124 heavy (non-hydrogen) atoms. The van der Waals surface area contributed by atoms with Crippen molar-refractivity contribution in [2.24, 2.45) is 9.98 Å². The van der Waals surface area contributed by atoms with Crippen LogP contribution in [-0.2, 0) is 25.7 Å². The first-order chi connectivity index (χ1) is 59.4. The number of nitrogens with zero attached hydrogens (tertiary/aromatic N) is 8. The molecule has 2 aliphatic rings. The van der Waals surface area contributed by atoms with Crippen LogP contribution < -0.4 is 21.3 Å². The van der Waals surface area contributed by atoms with Crippen molar-refractivity contribution in [1.82, 2.24) is 29.7 Å². The lowest BCUT2D eigenvalue weighted by molar-refractivity contribution is 0.0980. The number of rotatable bonds is 24. The fraction of sp³-hybridized carbons (Fsp3) is 0.140. The van der Waals surface area contributed by atoms with Crippen LogP contribution in [0.5, 0.6) is 0 Å². The predicted octanol–water partition coefficient (Wildman–Crippen LogP) is 20.4. The van der Waals surface area contributed by atoms with Gasteiger partial charge in [-0.15, -0.1) is 0 Å². The fourth-order valence-electron chi connectivity index (χ4n) is 12.2. The maximum atomic E-state index is 13.9. The molecule has 0 spiro atoms. The van der Waals surface area contributed by atoms with Gasteiger partial charge in [0.1, 0.15) is 46.6 Å². The number of hydrogen-bond acceptors (Lipinski definition) is 16. The summed E-state index contributed by atoms with van der Waals surface area (Å²) in [4.78, 5) is 131. The molecule has 0 bridgehead atoms. The zero-order valence-corrected chi connectivity index (χ0v) is 71.9. The standard InChI is InChI=1S/C24H20ClFN4O2.C23H18Cl3N3O2.C23H18Cl2N4O2.C23H19ClFN3O2/c25-18-7-9-22(28-14-18)29-24(32)20-13-19(26)8-6-17(20)12-21(31)15-2-4-16(5-3-15)23(27)30-10-1-11-30;1-13(27-2)14-4-7-18(20(26)9-14)21(30)10-15-3-5-16(24)11-19(15)23(31)29-22-8-6-17(25)12-28-22;24-17-6-5-16(19(12-17)23(31)28-21-8-7-18(25)13-27-21)11-20(30)14-1-3-15(4-2-14)22(26)29-9-10-29;1-14(26-2)15-3-5-16(6-4-15)21(29)11-17-7-9-19(25)12-20(17)23(30)28-22-10-8-18(24)13-27-22/h2-9,13-14,27H,1,10-12H2,(H,28,29,32);3-9,11-12H,10H2,1-2H3,(H,28,29,31);1-8,12-13,26H,9-11H2,(H,27,28,31);3-10,12-13H,11H2,1-2H3,(H,27,28,30). The van der Waals surface area contributed by atoms with Crippen LogP contribution in [0, 0.1) is 22.5 Å². The molecule has 0 atom stereocenters. The number of carbonyl (C=O) groups excluding carboxylic acids is 8. The van der Waals surface area contributed by atoms with Gasteiger partial charge in [-0.2, -0.15) is 0 Å². The number of aromatic nitrogens is 4. The van der Waals surface area contributed by atoms with Crippen molar-refractivity contribution < 1.29 is 47.1 Å². The van der Waals surface area contributed by atoms with Gasteiger partial charge in [-0.3, -0.25) is 59.2 Å². The lowest BCUT2D eigenvalue weighted by atomic mass is 9.97. The highest BCUT2D eigenvalue weighted by molar-refractivity contribution is 6.35. The fourth-order valence-corrected chi connectivity index (χ4v) is 13.3. The number of hydrogen-bond donors (Lipinski definition) is 6. The molecule has 2 fully saturated rings. The highest BCUT2D eigenvalue weighted by Crippen LogP contribution is 2.28. The zero-order valence-electron chi connectivity index (χ0n) is 66.6. The minimum Gasteiger partial charge on any atom is -0.356 e. The van der Waals surface area contributed by atoms with E-state index in [2.05, 4.69) is 51.2 Å². The van der Waals surface area contributed by atoms with Crippen molar-refractivity contribution in [3.8, 4) is 0 Å². The van der Waals surface area contributed by atoms with Crippen LogP contribution in [0.15, 0.2) is 247 Å². The van der Waals surface area contributed by atoms with Gasteiger partial charge in [0.15, 0.2) is 23.1 Å². The van der Waals surface area contributed by atoms with Crippen LogP contribution in [0.3, 0.4) is 0 Å². The molecule has 628 valence electrons. The monoisotopic (exact) mass is 1800 g/mol. The molecule has 0 saturated carbocycles. The molecular formula is C93H75Cl7F2N14O8. The van der Waals surface area contributed by atoms with E-state index < -0.39 is 35.3 Å². The van der Waals surface area contributed by atoms with E-state index in [1.165, 1.54) is 73.3 Å². The summed E-state index contributed by atoms with van der Waals surface area (Å²) in [5, 5.41) is 29.7. The SMILES string of the molecule is CN=C(C)c1ccc(C(=O)Cc2ccc(Cl)cc2C(=O)Nc2ccc(Cl)cn2)c(Cl)c1.CN=C(C)c1ccc(C(=O)Cc2ccc(F)cc2C(=O)Nc2ccc(Cl)cn2)cc1.N=C(c1ccc(C(=O)Cc2ccc(Cl)cc2C(=O)Nc2ccc(Cl)cn2)cc1)N1CC1.N=C(c1ccc(C(=O)Cc2ccc(F)cc2C(=O)Nc2ccc(Cl)cn2)cc1)N1CCC1. The molecule has 2 aliphatic heterocycles. The third-order valence-electron chi connectivity index (χ3n) is 19.4. The topological polar surface area (TPSA) is 315 Å². The summed E-state index contributed by atoms with van der Waals surface area (Å²) in [7, 11) is 3.39. The second-order valence-electron chi connectivity index (χ2n) is 27.9. The second-order valence-corrected chi connectivity index (χ2v) is 31.0. The van der Waals surface area contributed by atoms with Crippen LogP contribution >= 0.6 is 81.2 Å². The molecule has 8 aromatic carbocycles. The number of pyridine rings is 4. The van der Waals surface area contributed by atoms with Gasteiger partial charge >= 0.3 is 0 Å².